The summed E-state index contributed by atoms with van der Waals surface area (Å²) in [5.41, 5.74) is 6.63. The first kappa shape index (κ1) is 10.5. The second-order valence-corrected chi connectivity index (χ2v) is 3.94. The minimum Gasteiger partial charge on any atom is -0.398 e. The van der Waals surface area contributed by atoms with Gasteiger partial charge in [-0.2, -0.15) is 0 Å². The highest BCUT2D eigenvalue weighted by Gasteiger charge is 2.37. The normalized spacial score (nSPS) is 14.1. The van der Waals surface area contributed by atoms with Crippen LogP contribution in [0.5, 0.6) is 0 Å². The fraction of sp³-hybridized carbons (Fsp3) is 0.0833. The van der Waals surface area contributed by atoms with E-state index in [-0.39, 0.29) is 18.0 Å². The summed E-state index contributed by atoms with van der Waals surface area (Å²) in [5, 5.41) is 3.53. The van der Waals surface area contributed by atoms with E-state index in [0.717, 1.165) is 4.90 Å². The lowest BCUT2D eigenvalue weighted by atomic mass is 10.1. The predicted molar refractivity (Wildman–Crippen MR) is 61.6 cm³/mol. The Kier molecular flexibility index (Phi) is 2.16. The summed E-state index contributed by atoms with van der Waals surface area (Å²) in [6.45, 7) is 0.0613. The zero-order valence-corrected chi connectivity index (χ0v) is 9.29. The van der Waals surface area contributed by atoms with Crippen LogP contribution in [0.1, 0.15) is 26.5 Å². The number of imide groups is 1. The van der Waals surface area contributed by atoms with Crippen molar-refractivity contribution in [1.82, 2.24) is 10.1 Å². The molecule has 2 heterocycles. The molecule has 6 heteroatoms. The maximum absolute atomic E-state index is 12.1. The number of rotatable bonds is 2. The van der Waals surface area contributed by atoms with Crippen molar-refractivity contribution in [3.8, 4) is 0 Å². The summed E-state index contributed by atoms with van der Waals surface area (Å²) in [6.07, 6.45) is 1.46. The van der Waals surface area contributed by atoms with Crippen molar-refractivity contribution in [3.63, 3.8) is 0 Å². The van der Waals surface area contributed by atoms with Gasteiger partial charge in [0.25, 0.3) is 11.8 Å². The van der Waals surface area contributed by atoms with Gasteiger partial charge >= 0.3 is 0 Å². The Hall–Kier alpha value is -2.63. The van der Waals surface area contributed by atoms with Crippen LogP contribution in [-0.4, -0.2) is 21.9 Å². The van der Waals surface area contributed by atoms with E-state index in [4.69, 9.17) is 10.3 Å². The maximum atomic E-state index is 12.1. The van der Waals surface area contributed by atoms with Crippen molar-refractivity contribution in [2.45, 2.75) is 6.54 Å². The molecule has 0 atom stereocenters. The second-order valence-electron chi connectivity index (χ2n) is 3.94. The van der Waals surface area contributed by atoms with Crippen molar-refractivity contribution in [2.24, 2.45) is 0 Å². The van der Waals surface area contributed by atoms with Gasteiger partial charge in [0, 0.05) is 11.8 Å². The largest absolute Gasteiger partial charge is 0.398 e. The zero-order chi connectivity index (χ0) is 12.7. The van der Waals surface area contributed by atoms with Crippen LogP contribution < -0.4 is 5.73 Å². The minimum atomic E-state index is -0.399. The third-order valence-electron chi connectivity index (χ3n) is 2.84. The molecule has 2 amide bonds. The Morgan fingerprint density at radius 3 is 2.72 bits per heavy atom. The van der Waals surface area contributed by atoms with E-state index in [2.05, 4.69) is 5.16 Å². The number of nitrogen functional groups attached to an aromatic ring is 1. The van der Waals surface area contributed by atoms with Crippen molar-refractivity contribution >= 4 is 17.5 Å². The number of fused-ring (bicyclic) bond motifs is 1. The average Bonchev–Trinajstić information content (AvgIpc) is 2.94. The number of anilines is 1. The van der Waals surface area contributed by atoms with Gasteiger partial charge in [-0.05, 0) is 12.1 Å². The highest BCUT2D eigenvalue weighted by Crippen LogP contribution is 2.28. The zero-order valence-electron chi connectivity index (χ0n) is 9.29. The first-order valence-electron chi connectivity index (χ1n) is 5.32. The van der Waals surface area contributed by atoms with Crippen LogP contribution in [0, 0.1) is 0 Å². The third-order valence-corrected chi connectivity index (χ3v) is 2.84. The first-order chi connectivity index (χ1) is 8.68. The fourth-order valence-electron chi connectivity index (χ4n) is 1.98. The van der Waals surface area contributed by atoms with Gasteiger partial charge in [0.05, 0.1) is 23.9 Å². The van der Waals surface area contributed by atoms with E-state index >= 15 is 0 Å². The van der Waals surface area contributed by atoms with Crippen LogP contribution in [0.4, 0.5) is 5.69 Å². The van der Waals surface area contributed by atoms with Gasteiger partial charge in [-0.3, -0.25) is 14.5 Å². The van der Waals surface area contributed by atoms with E-state index < -0.39 is 5.91 Å². The minimum absolute atomic E-state index is 0.0613. The predicted octanol–water partition coefficient (Wildman–Crippen LogP) is 1.05. The number of amides is 2. The van der Waals surface area contributed by atoms with E-state index in [1.165, 1.54) is 6.20 Å². The summed E-state index contributed by atoms with van der Waals surface area (Å²) in [4.78, 5) is 25.3. The van der Waals surface area contributed by atoms with Crippen LogP contribution in [-0.2, 0) is 6.54 Å². The number of hydrogen-bond donors (Lipinski definition) is 1. The smallest absolute Gasteiger partial charge is 0.264 e. The Bertz CT molecular complexity index is 634. The van der Waals surface area contributed by atoms with E-state index in [1.54, 1.807) is 24.3 Å². The number of nitrogens with two attached hydrogens (primary N) is 1. The highest BCUT2D eigenvalue weighted by atomic mass is 16.5. The molecule has 0 bridgehead atoms. The number of aromatic nitrogens is 1. The quantitative estimate of drug-likeness (QED) is 0.629. The standard InChI is InChI=1S/C12H9N3O3/c13-9-3-1-2-8-10(9)12(17)15(11(8)16)6-7-4-5-14-18-7/h1-5H,6,13H2. The molecule has 0 spiro atoms. The fourth-order valence-corrected chi connectivity index (χ4v) is 1.98. The molecule has 6 nitrogen and oxygen atoms in total. The van der Waals surface area contributed by atoms with Crippen molar-refractivity contribution in [1.29, 1.82) is 0 Å². The highest BCUT2D eigenvalue weighted by molar-refractivity contribution is 6.23. The Labute approximate surface area is 102 Å². The van der Waals surface area contributed by atoms with Gasteiger partial charge in [0.2, 0.25) is 0 Å². The molecule has 18 heavy (non-hydrogen) atoms. The lowest BCUT2D eigenvalue weighted by molar-refractivity contribution is 0.0628. The van der Waals surface area contributed by atoms with Crippen LogP contribution in [0.15, 0.2) is 35.0 Å². The number of nitrogens with zero attached hydrogens (tertiary/aromatic N) is 2. The monoisotopic (exact) mass is 243 g/mol. The topological polar surface area (TPSA) is 89.4 Å². The molecule has 0 aliphatic carbocycles. The summed E-state index contributed by atoms with van der Waals surface area (Å²) in [7, 11) is 0. The molecule has 0 radical (unpaired) electrons. The Morgan fingerprint density at radius 2 is 2.06 bits per heavy atom. The molecule has 1 aliphatic heterocycles. The summed E-state index contributed by atoms with van der Waals surface area (Å²) >= 11 is 0. The van der Waals surface area contributed by atoms with Crippen LogP contribution in [0.3, 0.4) is 0 Å². The molecule has 1 aromatic heterocycles. The Balaban J connectivity index is 2.00. The molecule has 0 fully saturated rings. The maximum Gasteiger partial charge on any atom is 0.264 e. The van der Waals surface area contributed by atoms with Crippen molar-refractivity contribution < 1.29 is 14.1 Å². The molecular weight excluding hydrogens is 234 g/mol. The molecule has 1 aliphatic rings. The van der Waals surface area contributed by atoms with Crippen molar-refractivity contribution in [3.05, 3.63) is 47.3 Å². The van der Waals surface area contributed by atoms with Gasteiger partial charge < -0.3 is 10.3 Å². The van der Waals surface area contributed by atoms with E-state index in [1.807, 2.05) is 0 Å². The average molecular weight is 243 g/mol. The van der Waals surface area contributed by atoms with Gasteiger partial charge in [0.1, 0.15) is 0 Å². The van der Waals surface area contributed by atoms with Gasteiger partial charge in [0.15, 0.2) is 5.76 Å². The summed E-state index contributed by atoms with van der Waals surface area (Å²) in [5.74, 6) is -0.314. The SMILES string of the molecule is Nc1cccc2c1C(=O)N(Cc1ccno1)C2=O. The molecule has 0 saturated heterocycles. The van der Waals surface area contributed by atoms with Gasteiger partial charge in [-0.25, -0.2) is 0 Å². The van der Waals surface area contributed by atoms with Gasteiger partial charge in [-0.15, -0.1) is 0 Å². The van der Waals surface area contributed by atoms with Gasteiger partial charge in [-0.1, -0.05) is 11.2 Å². The Morgan fingerprint density at radius 1 is 1.22 bits per heavy atom. The lowest BCUT2D eigenvalue weighted by Gasteiger charge is -2.10. The number of carbonyl (C=O) groups is 2. The summed E-state index contributed by atoms with van der Waals surface area (Å²) < 4.78 is 4.89. The molecule has 90 valence electrons. The summed E-state index contributed by atoms with van der Waals surface area (Å²) in [6, 6.07) is 6.44. The molecule has 0 unspecified atom stereocenters. The molecule has 0 saturated carbocycles. The number of hydrogen-bond acceptors (Lipinski definition) is 5. The van der Waals surface area contributed by atoms with E-state index in [0.29, 0.717) is 17.0 Å². The molecule has 3 rings (SSSR count). The number of carbonyl (C=O) groups excluding carboxylic acids is 2. The van der Waals surface area contributed by atoms with Crippen LogP contribution >= 0.6 is 0 Å². The molecule has 2 aromatic rings. The van der Waals surface area contributed by atoms with E-state index in [9.17, 15) is 9.59 Å². The third kappa shape index (κ3) is 1.39. The number of benzene rings is 1. The second kappa shape index (κ2) is 3.69. The first-order valence-corrected chi connectivity index (χ1v) is 5.32. The molecule has 1 aromatic carbocycles. The molecule has 2 N–H and O–H groups in total. The lowest BCUT2D eigenvalue weighted by Crippen LogP contribution is -2.29. The molecular formula is C12H9N3O3. The van der Waals surface area contributed by atoms with Crippen molar-refractivity contribution in [2.75, 3.05) is 5.73 Å². The van der Waals surface area contributed by atoms with Crippen LogP contribution in [0.25, 0.3) is 0 Å². The van der Waals surface area contributed by atoms with Crippen LogP contribution in [0.2, 0.25) is 0 Å².